The molecule has 0 aliphatic carbocycles. The summed E-state index contributed by atoms with van der Waals surface area (Å²) in [6.45, 7) is 6.15. The molecule has 1 fully saturated rings. The number of nitrogens with two attached hydrogens (primary N) is 1. The van der Waals surface area contributed by atoms with Crippen molar-refractivity contribution in [3.8, 4) is 0 Å². The van der Waals surface area contributed by atoms with Crippen molar-refractivity contribution in [2.45, 2.75) is 50.8 Å². The van der Waals surface area contributed by atoms with Gasteiger partial charge in [0.2, 0.25) is 15.9 Å². The molecule has 1 amide bonds. The Morgan fingerprint density at radius 2 is 1.76 bits per heavy atom. The maximum Gasteiger partial charge on any atom is 0.244 e. The van der Waals surface area contributed by atoms with Crippen LogP contribution >= 0.6 is 11.3 Å². The Morgan fingerprint density at radius 3 is 2.32 bits per heavy atom. The van der Waals surface area contributed by atoms with Gasteiger partial charge in [0.25, 0.3) is 0 Å². The van der Waals surface area contributed by atoms with Crippen LogP contribution in [0.1, 0.15) is 41.9 Å². The normalized spacial score (nSPS) is 16.4. The Bertz CT molecular complexity index is 677. The zero-order valence-electron chi connectivity index (χ0n) is 15.2. The van der Waals surface area contributed by atoms with Crippen molar-refractivity contribution in [3.63, 3.8) is 0 Å². The predicted molar refractivity (Wildman–Crippen MR) is 101 cm³/mol. The number of carbonyl (C=O) groups is 1. The molecule has 142 valence electrons. The number of hydrogen-bond donors (Lipinski definition) is 1. The van der Waals surface area contributed by atoms with E-state index < -0.39 is 10.0 Å². The maximum atomic E-state index is 12.8. The molecule has 0 atom stereocenters. The van der Waals surface area contributed by atoms with Gasteiger partial charge in [-0.2, -0.15) is 4.31 Å². The van der Waals surface area contributed by atoms with Crippen LogP contribution in [0.4, 0.5) is 0 Å². The number of piperazine rings is 1. The van der Waals surface area contributed by atoms with Crippen LogP contribution in [0, 0.1) is 13.8 Å². The zero-order chi connectivity index (χ0) is 18.4. The fraction of sp³-hybridized carbons (Fsp3) is 0.706. The molecule has 1 aromatic heterocycles. The first kappa shape index (κ1) is 20.4. The minimum atomic E-state index is -3.45. The largest absolute Gasteiger partial charge is 0.340 e. The van der Waals surface area contributed by atoms with Gasteiger partial charge in [-0.15, -0.1) is 11.3 Å². The van der Waals surface area contributed by atoms with Crippen molar-refractivity contribution in [2.24, 2.45) is 5.73 Å². The molecule has 1 aliphatic rings. The number of aryl methyl sites for hydroxylation is 2. The lowest BCUT2D eigenvalue weighted by atomic mass is 10.1. The number of sulfonamides is 1. The third-order valence-electron chi connectivity index (χ3n) is 4.55. The van der Waals surface area contributed by atoms with E-state index in [1.54, 1.807) is 11.0 Å². The molecule has 2 heterocycles. The summed E-state index contributed by atoms with van der Waals surface area (Å²) in [6, 6.07) is 1.74. The summed E-state index contributed by atoms with van der Waals surface area (Å²) in [5.41, 5.74) is 5.46. The lowest BCUT2D eigenvalue weighted by molar-refractivity contribution is -0.132. The smallest absolute Gasteiger partial charge is 0.244 e. The molecule has 25 heavy (non-hydrogen) atoms. The second-order valence-electron chi connectivity index (χ2n) is 6.52. The summed E-state index contributed by atoms with van der Waals surface area (Å²) in [4.78, 5) is 16.3. The molecule has 1 aromatic rings. The van der Waals surface area contributed by atoms with E-state index in [2.05, 4.69) is 0 Å². The average Bonchev–Trinajstić information content (AvgIpc) is 2.94. The van der Waals surface area contributed by atoms with E-state index in [0.29, 0.717) is 44.0 Å². The van der Waals surface area contributed by atoms with Crippen LogP contribution in [0.5, 0.6) is 0 Å². The monoisotopic (exact) mass is 387 g/mol. The number of thiophene rings is 1. The number of unbranched alkanes of at least 4 members (excludes halogenated alkanes) is 3. The van der Waals surface area contributed by atoms with E-state index in [1.165, 1.54) is 15.6 Å². The van der Waals surface area contributed by atoms with Gasteiger partial charge in [0.05, 0.1) is 4.90 Å². The van der Waals surface area contributed by atoms with Crippen LogP contribution in [0.25, 0.3) is 0 Å². The molecule has 1 saturated heterocycles. The maximum absolute atomic E-state index is 12.8. The van der Waals surface area contributed by atoms with Gasteiger partial charge in [0.15, 0.2) is 0 Å². The van der Waals surface area contributed by atoms with Gasteiger partial charge in [0, 0.05) is 42.4 Å². The van der Waals surface area contributed by atoms with Gasteiger partial charge >= 0.3 is 0 Å². The molecule has 0 aromatic carbocycles. The van der Waals surface area contributed by atoms with Crippen molar-refractivity contribution in [2.75, 3.05) is 32.7 Å². The first-order valence-corrected chi connectivity index (χ1v) is 11.2. The van der Waals surface area contributed by atoms with E-state index in [1.807, 2.05) is 13.8 Å². The molecule has 8 heteroatoms. The molecule has 0 radical (unpaired) electrons. The van der Waals surface area contributed by atoms with Crippen LogP contribution < -0.4 is 5.73 Å². The van der Waals surface area contributed by atoms with Crippen LogP contribution in [0.3, 0.4) is 0 Å². The van der Waals surface area contributed by atoms with E-state index in [0.717, 1.165) is 35.4 Å². The molecule has 1 aliphatic heterocycles. The average molecular weight is 388 g/mol. The Kier molecular flexibility index (Phi) is 7.42. The lowest BCUT2D eigenvalue weighted by Crippen LogP contribution is -2.50. The van der Waals surface area contributed by atoms with E-state index >= 15 is 0 Å². The quantitative estimate of drug-likeness (QED) is 0.693. The van der Waals surface area contributed by atoms with Gasteiger partial charge < -0.3 is 10.6 Å². The third kappa shape index (κ3) is 5.26. The summed E-state index contributed by atoms with van der Waals surface area (Å²) < 4.78 is 27.1. The fourth-order valence-corrected chi connectivity index (χ4v) is 6.06. The summed E-state index contributed by atoms with van der Waals surface area (Å²) >= 11 is 1.50. The summed E-state index contributed by atoms with van der Waals surface area (Å²) in [5.74, 6) is 0.132. The van der Waals surface area contributed by atoms with E-state index in [-0.39, 0.29) is 5.91 Å². The summed E-state index contributed by atoms with van der Waals surface area (Å²) in [7, 11) is -3.45. The second kappa shape index (κ2) is 9.12. The first-order valence-electron chi connectivity index (χ1n) is 8.91. The van der Waals surface area contributed by atoms with E-state index in [4.69, 9.17) is 5.73 Å². The number of hydrogen-bond acceptors (Lipinski definition) is 5. The highest BCUT2D eigenvalue weighted by atomic mass is 32.2. The lowest BCUT2D eigenvalue weighted by Gasteiger charge is -2.34. The number of carbonyl (C=O) groups excluding carboxylic acids is 1. The third-order valence-corrected chi connectivity index (χ3v) is 7.67. The van der Waals surface area contributed by atoms with Crippen LogP contribution in [0.2, 0.25) is 0 Å². The van der Waals surface area contributed by atoms with Crippen molar-refractivity contribution >= 4 is 27.3 Å². The van der Waals surface area contributed by atoms with Crippen molar-refractivity contribution in [3.05, 3.63) is 15.8 Å². The summed E-state index contributed by atoms with van der Waals surface area (Å²) in [5, 5.41) is 0. The molecule has 0 spiro atoms. The number of amides is 1. The molecular weight excluding hydrogens is 358 g/mol. The Balaban J connectivity index is 1.84. The van der Waals surface area contributed by atoms with Crippen LogP contribution in [0.15, 0.2) is 11.0 Å². The van der Waals surface area contributed by atoms with Gasteiger partial charge in [-0.05, 0) is 39.3 Å². The van der Waals surface area contributed by atoms with Crippen molar-refractivity contribution < 1.29 is 13.2 Å². The predicted octanol–water partition coefficient (Wildman–Crippen LogP) is 2.11. The molecule has 0 unspecified atom stereocenters. The highest BCUT2D eigenvalue weighted by Gasteiger charge is 2.31. The second-order valence-corrected chi connectivity index (χ2v) is 9.88. The van der Waals surface area contributed by atoms with Crippen molar-refractivity contribution in [1.29, 1.82) is 0 Å². The van der Waals surface area contributed by atoms with Crippen LogP contribution in [-0.4, -0.2) is 56.3 Å². The number of rotatable bonds is 8. The van der Waals surface area contributed by atoms with Crippen LogP contribution in [-0.2, 0) is 14.8 Å². The minimum Gasteiger partial charge on any atom is -0.340 e. The topological polar surface area (TPSA) is 83.7 Å². The zero-order valence-corrected chi connectivity index (χ0v) is 16.8. The highest BCUT2D eigenvalue weighted by Crippen LogP contribution is 2.28. The molecule has 6 nitrogen and oxygen atoms in total. The summed E-state index contributed by atoms with van der Waals surface area (Å²) in [6.07, 6.45) is 4.51. The first-order chi connectivity index (χ1) is 11.9. The molecule has 0 saturated carbocycles. The van der Waals surface area contributed by atoms with E-state index in [9.17, 15) is 13.2 Å². The standard InChI is InChI=1S/C17H29N3O3S2/c1-14-13-16(15(2)24-14)25(22,23)20-11-9-19(10-12-20)17(21)7-5-3-4-6-8-18/h13H,3-12,18H2,1-2H3. The van der Waals surface area contributed by atoms with Gasteiger partial charge in [0.1, 0.15) is 0 Å². The van der Waals surface area contributed by atoms with Gasteiger partial charge in [-0.25, -0.2) is 8.42 Å². The SMILES string of the molecule is Cc1cc(S(=O)(=O)N2CCN(C(=O)CCCCCCN)CC2)c(C)s1. The van der Waals surface area contributed by atoms with Gasteiger partial charge in [-0.1, -0.05) is 12.8 Å². The Hall–Kier alpha value is -0.960. The van der Waals surface area contributed by atoms with Crippen molar-refractivity contribution in [1.82, 2.24) is 9.21 Å². The molecule has 0 bridgehead atoms. The molecule has 2 N–H and O–H groups in total. The molecule has 2 rings (SSSR count). The fourth-order valence-electron chi connectivity index (χ4n) is 3.11. The Morgan fingerprint density at radius 1 is 1.12 bits per heavy atom. The van der Waals surface area contributed by atoms with Gasteiger partial charge in [-0.3, -0.25) is 4.79 Å². The Labute approximate surface area is 155 Å². The number of nitrogens with zero attached hydrogens (tertiary/aromatic N) is 2. The minimum absolute atomic E-state index is 0.132. The highest BCUT2D eigenvalue weighted by molar-refractivity contribution is 7.89. The molecular formula is C17H29N3O3S2.